The van der Waals surface area contributed by atoms with Crippen molar-refractivity contribution in [2.45, 2.75) is 32.7 Å². The van der Waals surface area contributed by atoms with Gasteiger partial charge in [-0.05, 0) is 24.0 Å². The van der Waals surface area contributed by atoms with E-state index in [1.54, 1.807) is 0 Å². The van der Waals surface area contributed by atoms with E-state index in [4.69, 9.17) is 15.2 Å². The number of rotatable bonds is 2. The highest BCUT2D eigenvalue weighted by molar-refractivity contribution is 5.92. The molecule has 1 aliphatic carbocycles. The van der Waals surface area contributed by atoms with Gasteiger partial charge < -0.3 is 20.5 Å². The van der Waals surface area contributed by atoms with Crippen LogP contribution in [-0.2, 0) is 0 Å². The van der Waals surface area contributed by atoms with E-state index in [-0.39, 0.29) is 5.41 Å². The van der Waals surface area contributed by atoms with Crippen LogP contribution >= 0.6 is 0 Å². The number of nitrogens with one attached hydrogen (secondary N) is 1. The molecule has 108 valence electrons. The Hall–Kier alpha value is -1.91. The summed E-state index contributed by atoms with van der Waals surface area (Å²) in [4.78, 5) is 4.48. The number of ether oxygens (including phenoxy) is 2. The summed E-state index contributed by atoms with van der Waals surface area (Å²) in [7, 11) is 0. The van der Waals surface area contributed by atoms with Crippen molar-refractivity contribution in [3.63, 3.8) is 0 Å². The summed E-state index contributed by atoms with van der Waals surface area (Å²) < 4.78 is 11.2. The monoisotopic (exact) mass is 275 g/mol. The van der Waals surface area contributed by atoms with Crippen molar-refractivity contribution in [3.05, 3.63) is 18.2 Å². The number of hydrogen-bond acceptors (Lipinski definition) is 3. The summed E-state index contributed by atoms with van der Waals surface area (Å²) in [6.07, 6.45) is 1.99. The zero-order valence-corrected chi connectivity index (χ0v) is 12.0. The molecule has 20 heavy (non-hydrogen) atoms. The van der Waals surface area contributed by atoms with Crippen LogP contribution in [0.4, 0.5) is 5.69 Å². The lowest BCUT2D eigenvalue weighted by atomic mass is 10.2. The minimum atomic E-state index is 0.289. The predicted octanol–water partition coefficient (Wildman–Crippen LogP) is 2.37. The Morgan fingerprint density at radius 1 is 1.30 bits per heavy atom. The van der Waals surface area contributed by atoms with E-state index in [0.29, 0.717) is 25.2 Å². The average Bonchev–Trinajstić information content (AvgIpc) is 3.04. The lowest BCUT2D eigenvalue weighted by molar-refractivity contribution is 0.297. The van der Waals surface area contributed by atoms with Gasteiger partial charge in [-0.25, -0.2) is 4.99 Å². The highest BCUT2D eigenvalue weighted by Crippen LogP contribution is 2.47. The molecule has 1 unspecified atom stereocenters. The van der Waals surface area contributed by atoms with Crippen LogP contribution in [0.2, 0.25) is 0 Å². The van der Waals surface area contributed by atoms with Gasteiger partial charge in [-0.2, -0.15) is 0 Å². The normalized spacial score (nSPS) is 23.9. The zero-order valence-electron chi connectivity index (χ0n) is 12.0. The van der Waals surface area contributed by atoms with Crippen molar-refractivity contribution in [1.29, 1.82) is 0 Å². The first-order chi connectivity index (χ1) is 9.54. The molecular weight excluding hydrogens is 254 g/mol. The molecule has 2 aliphatic rings. The van der Waals surface area contributed by atoms with Crippen LogP contribution in [0.25, 0.3) is 0 Å². The molecule has 1 fully saturated rings. The van der Waals surface area contributed by atoms with E-state index >= 15 is 0 Å². The van der Waals surface area contributed by atoms with Gasteiger partial charge in [-0.3, -0.25) is 0 Å². The molecule has 1 aromatic carbocycles. The van der Waals surface area contributed by atoms with Crippen LogP contribution < -0.4 is 20.5 Å². The molecule has 1 saturated carbocycles. The molecule has 0 bridgehead atoms. The number of anilines is 1. The fraction of sp³-hybridized carbons (Fsp3) is 0.533. The highest BCUT2D eigenvalue weighted by Gasteiger charge is 2.45. The number of nitrogens with zero attached hydrogens (tertiary/aromatic N) is 1. The second-order valence-electron chi connectivity index (χ2n) is 6.06. The van der Waals surface area contributed by atoms with Gasteiger partial charge in [-0.1, -0.05) is 13.8 Å². The van der Waals surface area contributed by atoms with Crippen molar-refractivity contribution >= 4 is 11.6 Å². The molecule has 5 heteroatoms. The van der Waals surface area contributed by atoms with Gasteiger partial charge in [0.15, 0.2) is 17.5 Å². The Labute approximate surface area is 119 Å². The number of fused-ring (bicyclic) bond motifs is 1. The Morgan fingerprint density at radius 3 is 2.70 bits per heavy atom. The summed E-state index contributed by atoms with van der Waals surface area (Å²) >= 11 is 0. The van der Waals surface area contributed by atoms with Crippen molar-refractivity contribution < 1.29 is 9.47 Å². The molecule has 1 aliphatic heterocycles. The standard InChI is InChI=1S/C15H21N3O2/c1-15(2)9-13(15)18-14(16)17-10-4-5-11-12(8-10)20-7-3-6-19-11/h4-5,8,13H,3,6-7,9H2,1-2H3,(H3,16,17,18). The van der Waals surface area contributed by atoms with Crippen LogP contribution in [0.1, 0.15) is 26.7 Å². The van der Waals surface area contributed by atoms with E-state index in [1.165, 1.54) is 0 Å². The third-order valence-corrected chi connectivity index (χ3v) is 3.78. The summed E-state index contributed by atoms with van der Waals surface area (Å²) in [6, 6.07) is 6.06. The van der Waals surface area contributed by atoms with Gasteiger partial charge in [0, 0.05) is 18.2 Å². The lowest BCUT2D eigenvalue weighted by Crippen LogP contribution is -2.23. The SMILES string of the molecule is CC1(C)CC1N=C(N)Nc1ccc2c(c1)OCCCO2. The summed E-state index contributed by atoms with van der Waals surface area (Å²) in [6.45, 7) is 5.76. The molecule has 0 radical (unpaired) electrons. The fourth-order valence-electron chi connectivity index (χ4n) is 2.25. The topological polar surface area (TPSA) is 68.9 Å². The molecule has 1 aromatic rings. The quantitative estimate of drug-likeness (QED) is 0.642. The van der Waals surface area contributed by atoms with Gasteiger partial charge in [0.2, 0.25) is 0 Å². The third-order valence-electron chi connectivity index (χ3n) is 3.78. The maximum absolute atomic E-state index is 5.94. The molecule has 0 saturated heterocycles. The van der Waals surface area contributed by atoms with Crippen molar-refractivity contribution in [2.75, 3.05) is 18.5 Å². The summed E-state index contributed by atoms with van der Waals surface area (Å²) in [5, 5.41) is 3.11. The van der Waals surface area contributed by atoms with Crippen LogP contribution in [0, 0.1) is 5.41 Å². The van der Waals surface area contributed by atoms with Crippen LogP contribution in [0.15, 0.2) is 23.2 Å². The van der Waals surface area contributed by atoms with Gasteiger partial charge >= 0.3 is 0 Å². The minimum absolute atomic E-state index is 0.289. The van der Waals surface area contributed by atoms with E-state index in [9.17, 15) is 0 Å². The fourth-order valence-corrected chi connectivity index (χ4v) is 2.25. The van der Waals surface area contributed by atoms with Crippen LogP contribution in [0.3, 0.4) is 0 Å². The smallest absolute Gasteiger partial charge is 0.193 e. The predicted molar refractivity (Wildman–Crippen MR) is 79.5 cm³/mol. The molecule has 1 heterocycles. The third kappa shape index (κ3) is 2.81. The van der Waals surface area contributed by atoms with Crippen molar-refractivity contribution in [1.82, 2.24) is 0 Å². The number of aliphatic imine (C=N–C) groups is 1. The van der Waals surface area contributed by atoms with E-state index in [0.717, 1.165) is 30.0 Å². The summed E-state index contributed by atoms with van der Waals surface area (Å²) in [5.74, 6) is 1.99. The first kappa shape index (κ1) is 13.1. The summed E-state index contributed by atoms with van der Waals surface area (Å²) in [5.41, 5.74) is 7.10. The van der Waals surface area contributed by atoms with Gasteiger partial charge in [-0.15, -0.1) is 0 Å². The highest BCUT2D eigenvalue weighted by atomic mass is 16.5. The first-order valence-electron chi connectivity index (χ1n) is 7.04. The maximum Gasteiger partial charge on any atom is 0.193 e. The molecule has 3 N–H and O–H groups in total. The zero-order chi connectivity index (χ0) is 14.2. The molecule has 0 amide bonds. The Kier molecular flexibility index (Phi) is 3.20. The molecule has 0 aromatic heterocycles. The molecule has 5 nitrogen and oxygen atoms in total. The van der Waals surface area contributed by atoms with E-state index in [1.807, 2.05) is 18.2 Å². The van der Waals surface area contributed by atoms with Gasteiger partial charge in [0.25, 0.3) is 0 Å². The Bertz CT molecular complexity index is 540. The second-order valence-corrected chi connectivity index (χ2v) is 6.06. The number of hydrogen-bond donors (Lipinski definition) is 2. The molecule has 0 spiro atoms. The Morgan fingerprint density at radius 2 is 2.00 bits per heavy atom. The van der Waals surface area contributed by atoms with E-state index in [2.05, 4.69) is 24.2 Å². The number of benzene rings is 1. The van der Waals surface area contributed by atoms with E-state index < -0.39 is 0 Å². The maximum atomic E-state index is 5.94. The van der Waals surface area contributed by atoms with Crippen LogP contribution in [0.5, 0.6) is 11.5 Å². The number of guanidine groups is 1. The second kappa shape index (κ2) is 4.89. The largest absolute Gasteiger partial charge is 0.490 e. The Balaban J connectivity index is 1.70. The van der Waals surface area contributed by atoms with Gasteiger partial charge in [0.1, 0.15) is 0 Å². The van der Waals surface area contributed by atoms with Crippen molar-refractivity contribution in [2.24, 2.45) is 16.1 Å². The molecular formula is C15H21N3O2. The van der Waals surface area contributed by atoms with Gasteiger partial charge in [0.05, 0.1) is 19.3 Å². The average molecular weight is 275 g/mol. The first-order valence-corrected chi connectivity index (χ1v) is 7.04. The molecule has 3 rings (SSSR count). The minimum Gasteiger partial charge on any atom is -0.490 e. The molecule has 1 atom stereocenters. The van der Waals surface area contributed by atoms with Crippen LogP contribution in [-0.4, -0.2) is 25.2 Å². The number of nitrogens with two attached hydrogens (primary N) is 1. The lowest BCUT2D eigenvalue weighted by Gasteiger charge is -2.11. The van der Waals surface area contributed by atoms with Crippen molar-refractivity contribution in [3.8, 4) is 11.5 Å².